The Bertz CT molecular complexity index is 959. The van der Waals surface area contributed by atoms with E-state index in [0.717, 1.165) is 22.7 Å². The summed E-state index contributed by atoms with van der Waals surface area (Å²) in [5.74, 6) is 1.33. The van der Waals surface area contributed by atoms with Gasteiger partial charge in [-0.3, -0.25) is 9.78 Å². The molecule has 1 N–H and O–H groups in total. The number of carbonyl (C=O) groups excluding carboxylic acids is 1. The van der Waals surface area contributed by atoms with Crippen LogP contribution in [0.4, 0.5) is 0 Å². The van der Waals surface area contributed by atoms with Crippen LogP contribution in [0.5, 0.6) is 0 Å². The molecule has 0 saturated heterocycles. The topological polar surface area (TPSA) is 75.0 Å². The second-order valence-corrected chi connectivity index (χ2v) is 8.51. The lowest BCUT2D eigenvalue weighted by molar-refractivity contribution is 0.0757. The van der Waals surface area contributed by atoms with E-state index >= 15 is 0 Å². The van der Waals surface area contributed by atoms with Crippen molar-refractivity contribution in [3.63, 3.8) is 0 Å². The standard InChI is InChI=1S/C24H27N3O2/c1-3-16-8-20(9-16)17-6-7-26-21(10-17)12-27-23(28)18-4-5-19-13-29-15-24(2,14-25)22(19)11-18/h4-7,10-11,16,20H,3,8-9,12-13,15H2,1-2H3,(H,27,28)/t16-,20+,24-/m1/s1. The normalized spacial score (nSPS) is 25.4. The summed E-state index contributed by atoms with van der Waals surface area (Å²) in [4.78, 5) is 17.1. The van der Waals surface area contributed by atoms with E-state index in [2.05, 4.69) is 35.4 Å². The van der Waals surface area contributed by atoms with Gasteiger partial charge >= 0.3 is 0 Å². The minimum absolute atomic E-state index is 0.151. The molecule has 1 aliphatic heterocycles. The molecule has 5 nitrogen and oxygen atoms in total. The summed E-state index contributed by atoms with van der Waals surface area (Å²) in [5.41, 5.74) is 3.90. The molecule has 0 unspecified atom stereocenters. The van der Waals surface area contributed by atoms with Crippen LogP contribution >= 0.6 is 0 Å². The van der Waals surface area contributed by atoms with Crippen LogP contribution in [0.25, 0.3) is 0 Å². The van der Waals surface area contributed by atoms with Crippen LogP contribution in [0, 0.1) is 17.2 Å². The third-order valence-electron chi connectivity index (χ3n) is 6.42. The van der Waals surface area contributed by atoms with Crippen molar-refractivity contribution in [3.05, 3.63) is 64.5 Å². The molecule has 1 atom stereocenters. The first-order chi connectivity index (χ1) is 14.0. The van der Waals surface area contributed by atoms with E-state index in [0.29, 0.717) is 31.2 Å². The Balaban J connectivity index is 1.43. The summed E-state index contributed by atoms with van der Waals surface area (Å²) in [6, 6.07) is 12.1. The van der Waals surface area contributed by atoms with E-state index in [1.807, 2.05) is 25.3 Å². The monoisotopic (exact) mass is 389 g/mol. The summed E-state index contributed by atoms with van der Waals surface area (Å²) in [6.07, 6.45) is 5.60. The highest BCUT2D eigenvalue weighted by molar-refractivity contribution is 5.94. The van der Waals surface area contributed by atoms with Crippen LogP contribution in [0.2, 0.25) is 0 Å². The number of hydrogen-bond acceptors (Lipinski definition) is 4. The number of hydrogen-bond donors (Lipinski definition) is 1. The predicted molar refractivity (Wildman–Crippen MR) is 110 cm³/mol. The average molecular weight is 389 g/mol. The van der Waals surface area contributed by atoms with Gasteiger partial charge in [0.05, 0.1) is 31.5 Å². The average Bonchev–Trinajstić information content (AvgIpc) is 2.72. The molecule has 1 aromatic heterocycles. The predicted octanol–water partition coefficient (Wildman–Crippen LogP) is 4.23. The Morgan fingerprint density at radius 2 is 2.17 bits per heavy atom. The van der Waals surface area contributed by atoms with E-state index < -0.39 is 5.41 Å². The minimum Gasteiger partial charge on any atom is -0.375 e. The Hall–Kier alpha value is -2.71. The molecular weight excluding hydrogens is 362 g/mol. The van der Waals surface area contributed by atoms with Gasteiger partial charge in [0, 0.05) is 11.8 Å². The summed E-state index contributed by atoms with van der Waals surface area (Å²) in [5, 5.41) is 12.5. The first-order valence-corrected chi connectivity index (χ1v) is 10.4. The zero-order chi connectivity index (χ0) is 20.4. The van der Waals surface area contributed by atoms with E-state index in [4.69, 9.17) is 4.74 Å². The zero-order valence-electron chi connectivity index (χ0n) is 17.1. The largest absolute Gasteiger partial charge is 0.375 e. The second kappa shape index (κ2) is 7.96. The summed E-state index contributed by atoms with van der Waals surface area (Å²) in [7, 11) is 0. The molecule has 1 aromatic carbocycles. The second-order valence-electron chi connectivity index (χ2n) is 8.51. The molecule has 2 aliphatic rings. The van der Waals surface area contributed by atoms with Gasteiger partial charge in [-0.05, 0) is 72.6 Å². The molecule has 1 saturated carbocycles. The van der Waals surface area contributed by atoms with Crippen molar-refractivity contribution in [1.82, 2.24) is 10.3 Å². The van der Waals surface area contributed by atoms with Crippen molar-refractivity contribution in [1.29, 1.82) is 5.26 Å². The molecule has 5 heteroatoms. The highest BCUT2D eigenvalue weighted by atomic mass is 16.5. The maximum Gasteiger partial charge on any atom is 0.251 e. The van der Waals surface area contributed by atoms with Crippen LogP contribution in [-0.4, -0.2) is 17.5 Å². The van der Waals surface area contributed by atoms with Crippen molar-refractivity contribution in [3.8, 4) is 6.07 Å². The number of nitriles is 1. The minimum atomic E-state index is -0.723. The number of pyridine rings is 1. The molecule has 0 radical (unpaired) electrons. The first kappa shape index (κ1) is 19.6. The van der Waals surface area contributed by atoms with Crippen LogP contribution in [0.3, 0.4) is 0 Å². The van der Waals surface area contributed by atoms with Gasteiger partial charge in [0.2, 0.25) is 0 Å². The summed E-state index contributed by atoms with van der Waals surface area (Å²) >= 11 is 0. The first-order valence-electron chi connectivity index (χ1n) is 10.4. The molecule has 0 bridgehead atoms. The van der Waals surface area contributed by atoms with Gasteiger partial charge in [0.15, 0.2) is 0 Å². The molecule has 1 fully saturated rings. The number of nitrogens with one attached hydrogen (secondary N) is 1. The number of nitrogens with zero attached hydrogens (tertiary/aromatic N) is 2. The molecule has 0 spiro atoms. The number of carbonyl (C=O) groups is 1. The van der Waals surface area contributed by atoms with Gasteiger partial charge < -0.3 is 10.1 Å². The third-order valence-corrected chi connectivity index (χ3v) is 6.42. The molecule has 29 heavy (non-hydrogen) atoms. The van der Waals surface area contributed by atoms with Crippen molar-refractivity contribution in [2.75, 3.05) is 6.61 Å². The lowest BCUT2D eigenvalue weighted by atomic mass is 9.70. The van der Waals surface area contributed by atoms with Crippen LogP contribution in [-0.2, 0) is 23.3 Å². The summed E-state index contributed by atoms with van der Waals surface area (Å²) < 4.78 is 5.54. The molecule has 1 amide bonds. The lowest BCUT2D eigenvalue weighted by Crippen LogP contribution is -2.33. The Labute approximate surface area is 172 Å². The SMILES string of the molecule is CC[C@H]1C[C@@H](c2ccnc(CNC(=O)c3ccc4c(c3)[C@](C)(C#N)COC4)c2)C1. The maximum absolute atomic E-state index is 12.7. The molecule has 150 valence electrons. The molecule has 4 rings (SSSR count). The van der Waals surface area contributed by atoms with E-state index in [9.17, 15) is 10.1 Å². The highest BCUT2D eigenvalue weighted by Gasteiger charge is 2.33. The number of ether oxygens (including phenoxy) is 1. The lowest BCUT2D eigenvalue weighted by Gasteiger charge is -2.35. The van der Waals surface area contributed by atoms with Gasteiger partial charge in [0.25, 0.3) is 5.91 Å². The van der Waals surface area contributed by atoms with Crippen molar-refractivity contribution in [2.45, 2.75) is 57.6 Å². The van der Waals surface area contributed by atoms with Gasteiger partial charge in [-0.2, -0.15) is 5.26 Å². The van der Waals surface area contributed by atoms with E-state index in [-0.39, 0.29) is 5.91 Å². The van der Waals surface area contributed by atoms with Gasteiger partial charge in [-0.1, -0.05) is 19.4 Å². The summed E-state index contributed by atoms with van der Waals surface area (Å²) in [6.45, 7) is 5.32. The quantitative estimate of drug-likeness (QED) is 0.830. The number of benzene rings is 1. The number of rotatable bonds is 5. The third kappa shape index (κ3) is 3.90. The fraction of sp³-hybridized carbons (Fsp3) is 0.458. The maximum atomic E-state index is 12.7. The van der Waals surface area contributed by atoms with Crippen LogP contribution in [0.1, 0.15) is 71.8 Å². The van der Waals surface area contributed by atoms with Crippen LogP contribution in [0.15, 0.2) is 36.5 Å². The molecule has 1 aliphatic carbocycles. The van der Waals surface area contributed by atoms with Crippen molar-refractivity contribution < 1.29 is 9.53 Å². The Morgan fingerprint density at radius 1 is 1.34 bits per heavy atom. The van der Waals surface area contributed by atoms with Gasteiger partial charge in [-0.15, -0.1) is 0 Å². The fourth-order valence-electron chi connectivity index (χ4n) is 4.35. The van der Waals surface area contributed by atoms with Gasteiger partial charge in [-0.25, -0.2) is 0 Å². The van der Waals surface area contributed by atoms with Crippen molar-refractivity contribution in [2.24, 2.45) is 5.92 Å². The number of fused-ring (bicyclic) bond motifs is 1. The molecular formula is C24H27N3O2. The fourth-order valence-corrected chi connectivity index (χ4v) is 4.35. The van der Waals surface area contributed by atoms with E-state index in [1.54, 1.807) is 6.07 Å². The Kier molecular flexibility index (Phi) is 5.38. The Morgan fingerprint density at radius 3 is 2.93 bits per heavy atom. The van der Waals surface area contributed by atoms with Crippen molar-refractivity contribution >= 4 is 5.91 Å². The van der Waals surface area contributed by atoms with Crippen LogP contribution < -0.4 is 5.32 Å². The smallest absolute Gasteiger partial charge is 0.251 e. The number of aromatic nitrogens is 1. The molecule has 2 heterocycles. The van der Waals surface area contributed by atoms with Gasteiger partial charge in [0.1, 0.15) is 5.41 Å². The molecule has 2 aromatic rings. The number of amides is 1. The highest BCUT2D eigenvalue weighted by Crippen LogP contribution is 2.43. The van der Waals surface area contributed by atoms with E-state index in [1.165, 1.54) is 24.8 Å². The zero-order valence-corrected chi connectivity index (χ0v) is 17.1.